The van der Waals surface area contributed by atoms with E-state index in [2.05, 4.69) is 10.3 Å². The molecule has 1 amide bonds. The molecule has 1 aliphatic rings. The Morgan fingerprint density at radius 2 is 1.66 bits per heavy atom. The summed E-state index contributed by atoms with van der Waals surface area (Å²) < 4.78 is 45.2. The Balaban J connectivity index is 1.53. The van der Waals surface area contributed by atoms with Crippen LogP contribution in [0.25, 0.3) is 11.1 Å². The fraction of sp³-hybridized carbons (Fsp3) is 0.333. The number of carbonyl (C=O) groups excluding carboxylic acids is 1. The van der Waals surface area contributed by atoms with Gasteiger partial charge in [0.1, 0.15) is 6.10 Å². The maximum Gasteiger partial charge on any atom is 0.416 e. The Kier molecular flexibility index (Phi) is 8.11. The van der Waals surface area contributed by atoms with Gasteiger partial charge in [0.15, 0.2) is 11.6 Å². The van der Waals surface area contributed by atoms with Crippen LogP contribution in [-0.4, -0.2) is 41.0 Å². The summed E-state index contributed by atoms with van der Waals surface area (Å²) in [4.78, 5) is 19.0. The van der Waals surface area contributed by atoms with Gasteiger partial charge in [0.25, 0.3) is 5.91 Å². The number of aromatic nitrogens is 1. The molecule has 0 aliphatic carbocycles. The quantitative estimate of drug-likeness (QED) is 0.363. The highest BCUT2D eigenvalue weighted by atomic mass is 35.5. The minimum absolute atomic E-state index is 0.0321. The number of carbonyl (C=O) groups is 1. The molecular formula is C27H27Cl2F3N4O2. The van der Waals surface area contributed by atoms with Crippen molar-refractivity contribution >= 4 is 34.9 Å². The lowest BCUT2D eigenvalue weighted by molar-refractivity contribution is -0.137. The largest absolute Gasteiger partial charge is 0.482 e. The van der Waals surface area contributed by atoms with Crippen LogP contribution in [-0.2, 0) is 6.18 Å². The summed E-state index contributed by atoms with van der Waals surface area (Å²) >= 11 is 12.3. The summed E-state index contributed by atoms with van der Waals surface area (Å²) in [5.74, 6) is 0.273. The van der Waals surface area contributed by atoms with Gasteiger partial charge in [-0.25, -0.2) is 4.98 Å². The molecule has 2 aromatic carbocycles. The van der Waals surface area contributed by atoms with Crippen molar-refractivity contribution in [2.75, 3.05) is 18.8 Å². The molecule has 0 bridgehead atoms. The monoisotopic (exact) mass is 566 g/mol. The van der Waals surface area contributed by atoms with E-state index in [0.29, 0.717) is 24.2 Å². The fourth-order valence-electron chi connectivity index (χ4n) is 4.57. The molecule has 202 valence electrons. The summed E-state index contributed by atoms with van der Waals surface area (Å²) in [6, 6.07) is 10.9. The molecule has 3 aromatic rings. The SMILES string of the molecule is CC(Oc1cc(-c2ccc(C(=O)N3C[C@@H](C)N[C@@H](C)C3)cc2)cnc1N)c1c(Cl)cc(C(F)(F)F)cc1Cl. The minimum Gasteiger partial charge on any atom is -0.482 e. The molecule has 3 N–H and O–H groups in total. The first-order valence-electron chi connectivity index (χ1n) is 12.0. The van der Waals surface area contributed by atoms with Crippen LogP contribution in [0.1, 0.15) is 48.4 Å². The highest BCUT2D eigenvalue weighted by molar-refractivity contribution is 6.36. The van der Waals surface area contributed by atoms with Gasteiger partial charge in [0.05, 0.1) is 5.56 Å². The first kappa shape index (κ1) is 28.0. The number of amides is 1. The highest BCUT2D eigenvalue weighted by Gasteiger charge is 2.33. The molecule has 1 unspecified atom stereocenters. The number of benzene rings is 2. The van der Waals surface area contributed by atoms with Crippen molar-refractivity contribution in [3.05, 3.63) is 75.4 Å². The zero-order valence-electron chi connectivity index (χ0n) is 20.9. The second kappa shape index (κ2) is 11.0. The van der Waals surface area contributed by atoms with E-state index in [1.54, 1.807) is 31.3 Å². The van der Waals surface area contributed by atoms with Gasteiger partial charge in [-0.15, -0.1) is 0 Å². The number of nitrogens with zero attached hydrogens (tertiary/aromatic N) is 2. The predicted molar refractivity (Wildman–Crippen MR) is 143 cm³/mol. The van der Waals surface area contributed by atoms with E-state index < -0.39 is 17.8 Å². The van der Waals surface area contributed by atoms with E-state index in [-0.39, 0.29) is 45.2 Å². The summed E-state index contributed by atoms with van der Waals surface area (Å²) in [6.07, 6.45) is -3.83. The first-order valence-corrected chi connectivity index (χ1v) is 12.7. The van der Waals surface area contributed by atoms with Crippen molar-refractivity contribution in [2.24, 2.45) is 0 Å². The lowest BCUT2D eigenvalue weighted by Gasteiger charge is -2.36. The fourth-order valence-corrected chi connectivity index (χ4v) is 5.37. The van der Waals surface area contributed by atoms with Crippen molar-refractivity contribution in [3.8, 4) is 16.9 Å². The van der Waals surface area contributed by atoms with Crippen molar-refractivity contribution in [1.82, 2.24) is 15.2 Å². The molecule has 2 heterocycles. The molecular weight excluding hydrogens is 540 g/mol. The van der Waals surface area contributed by atoms with Crippen LogP contribution in [0.5, 0.6) is 5.75 Å². The third-order valence-electron chi connectivity index (χ3n) is 6.31. The highest BCUT2D eigenvalue weighted by Crippen LogP contribution is 2.40. The third kappa shape index (κ3) is 6.17. The van der Waals surface area contributed by atoms with Gasteiger partial charge in [0, 0.05) is 58.1 Å². The number of nitrogen functional groups attached to an aromatic ring is 1. The van der Waals surface area contributed by atoms with Crippen molar-refractivity contribution in [1.29, 1.82) is 0 Å². The van der Waals surface area contributed by atoms with E-state index >= 15 is 0 Å². The standard InChI is InChI=1S/C27H27Cl2F3N4O2/c1-14-12-36(13-15(2)35-14)26(37)18-6-4-17(5-7-18)19-8-23(25(33)34-11-19)38-16(3)24-21(28)9-20(10-22(24)29)27(30,31)32/h4-11,14-16,35H,12-13H2,1-3H3,(H2,33,34)/t14-,15+,16?. The number of hydrogen-bond donors (Lipinski definition) is 2. The number of rotatable bonds is 5. The number of halogens is 5. The molecule has 38 heavy (non-hydrogen) atoms. The zero-order valence-corrected chi connectivity index (χ0v) is 22.5. The molecule has 4 rings (SSSR count). The Labute approximate surface area is 228 Å². The van der Waals surface area contributed by atoms with Gasteiger partial charge in [-0.3, -0.25) is 4.79 Å². The lowest BCUT2D eigenvalue weighted by atomic mass is 10.0. The molecule has 1 aliphatic heterocycles. The van der Waals surface area contributed by atoms with Gasteiger partial charge < -0.3 is 20.7 Å². The van der Waals surface area contributed by atoms with Gasteiger partial charge in [-0.1, -0.05) is 35.3 Å². The Morgan fingerprint density at radius 3 is 2.21 bits per heavy atom. The predicted octanol–water partition coefficient (Wildman–Crippen LogP) is 6.62. The van der Waals surface area contributed by atoms with Crippen LogP contribution >= 0.6 is 23.2 Å². The van der Waals surface area contributed by atoms with Gasteiger partial charge in [0.2, 0.25) is 0 Å². The number of hydrogen-bond acceptors (Lipinski definition) is 5. The summed E-state index contributed by atoms with van der Waals surface area (Å²) in [5, 5.41) is 3.07. The number of alkyl halides is 3. The van der Waals surface area contributed by atoms with E-state index in [1.807, 2.05) is 30.9 Å². The average Bonchev–Trinajstić information content (AvgIpc) is 2.83. The van der Waals surface area contributed by atoms with Crippen LogP contribution in [0.4, 0.5) is 19.0 Å². The second-order valence-corrected chi connectivity index (χ2v) is 10.3. The first-order chi connectivity index (χ1) is 17.8. The summed E-state index contributed by atoms with van der Waals surface area (Å²) in [6.45, 7) is 6.97. The van der Waals surface area contributed by atoms with Crippen molar-refractivity contribution < 1.29 is 22.7 Å². The normalized spacial score (nSPS) is 18.8. The number of anilines is 1. The topological polar surface area (TPSA) is 80.5 Å². The Hall–Kier alpha value is -3.01. The Morgan fingerprint density at radius 1 is 1.08 bits per heavy atom. The maximum atomic E-state index is 13.1. The molecule has 11 heteroatoms. The third-order valence-corrected chi connectivity index (χ3v) is 6.93. The van der Waals surface area contributed by atoms with Crippen LogP contribution in [0.15, 0.2) is 48.7 Å². The van der Waals surface area contributed by atoms with Crippen molar-refractivity contribution in [3.63, 3.8) is 0 Å². The molecule has 1 fully saturated rings. The second-order valence-electron chi connectivity index (χ2n) is 9.48. The number of nitrogens with one attached hydrogen (secondary N) is 1. The van der Waals surface area contributed by atoms with Gasteiger partial charge in [-0.05, 0) is 56.7 Å². The molecule has 0 spiro atoms. The van der Waals surface area contributed by atoms with Crippen LogP contribution < -0.4 is 15.8 Å². The number of pyridine rings is 1. The number of piperazine rings is 1. The average molecular weight is 567 g/mol. The molecule has 0 radical (unpaired) electrons. The van der Waals surface area contributed by atoms with E-state index in [9.17, 15) is 18.0 Å². The zero-order chi connectivity index (χ0) is 27.8. The summed E-state index contributed by atoms with van der Waals surface area (Å²) in [5.41, 5.74) is 7.30. The van der Waals surface area contributed by atoms with E-state index in [0.717, 1.165) is 17.7 Å². The molecule has 0 saturated carbocycles. The van der Waals surface area contributed by atoms with Crippen molar-refractivity contribution in [2.45, 2.75) is 45.1 Å². The maximum absolute atomic E-state index is 13.1. The lowest BCUT2D eigenvalue weighted by Crippen LogP contribution is -2.55. The summed E-state index contributed by atoms with van der Waals surface area (Å²) in [7, 11) is 0. The van der Waals surface area contributed by atoms with Gasteiger partial charge in [-0.2, -0.15) is 13.2 Å². The Bertz CT molecular complexity index is 1300. The van der Waals surface area contributed by atoms with Gasteiger partial charge >= 0.3 is 6.18 Å². The van der Waals surface area contributed by atoms with E-state index in [1.165, 1.54) is 0 Å². The van der Waals surface area contributed by atoms with Crippen LogP contribution in [0.2, 0.25) is 10.0 Å². The van der Waals surface area contributed by atoms with E-state index in [4.69, 9.17) is 33.7 Å². The van der Waals surface area contributed by atoms with Crippen LogP contribution in [0.3, 0.4) is 0 Å². The molecule has 1 saturated heterocycles. The number of ether oxygens (including phenoxy) is 1. The molecule has 1 aromatic heterocycles. The number of nitrogens with two attached hydrogens (primary N) is 1. The molecule has 3 atom stereocenters. The molecule has 6 nitrogen and oxygen atoms in total. The smallest absolute Gasteiger partial charge is 0.416 e. The van der Waals surface area contributed by atoms with Crippen LogP contribution in [0, 0.1) is 0 Å². The minimum atomic E-state index is -4.58.